The van der Waals surface area contributed by atoms with Crippen LogP contribution in [-0.4, -0.2) is 27.5 Å². The van der Waals surface area contributed by atoms with Gasteiger partial charge in [0.05, 0.1) is 6.61 Å². The van der Waals surface area contributed by atoms with E-state index in [1.807, 2.05) is 0 Å². The standard InChI is InChI=1S/C32H38NO3PSi/c1-32(2,3)38(4,5)34-22-25-14-10-11-21-33(25)37-35-28-19-17-23-12-6-8-15-26(23)30(28)31-27-16-9-7-13-24(27)18-20-29(31)36-37/h6-9,12-13,15-20,25H,10-11,14,21-22H2,1-5H3/t25-/m0/s1. The molecule has 5 aromatic rings. The number of rotatable bonds is 4. The summed E-state index contributed by atoms with van der Waals surface area (Å²) in [6, 6.07) is 26.1. The molecular weight excluding hydrogens is 505 g/mol. The van der Waals surface area contributed by atoms with Gasteiger partial charge in [0.25, 0.3) is 0 Å². The Bertz CT molecular complexity index is 1570. The van der Waals surface area contributed by atoms with Crippen LogP contribution in [0.1, 0.15) is 40.0 Å². The largest absolute Gasteiger partial charge is 0.415 e. The first-order valence-corrected chi connectivity index (χ1v) is 17.9. The summed E-state index contributed by atoms with van der Waals surface area (Å²) in [6.07, 6.45) is 3.47. The molecule has 2 heterocycles. The topological polar surface area (TPSA) is 38.8 Å². The molecule has 0 unspecified atom stereocenters. The summed E-state index contributed by atoms with van der Waals surface area (Å²) < 4.78 is 23.0. The second kappa shape index (κ2) is 9.88. The van der Waals surface area contributed by atoms with E-state index in [1.54, 1.807) is 0 Å². The van der Waals surface area contributed by atoms with E-state index in [1.165, 1.54) is 28.0 Å². The molecule has 4 aromatic carbocycles. The Morgan fingerprint density at radius 1 is 0.816 bits per heavy atom. The van der Waals surface area contributed by atoms with Crippen LogP contribution in [0.2, 0.25) is 18.1 Å². The van der Waals surface area contributed by atoms with Gasteiger partial charge in [-0.25, -0.2) is 0 Å². The van der Waals surface area contributed by atoms with Gasteiger partial charge in [-0.1, -0.05) is 87.9 Å². The molecule has 1 aliphatic heterocycles. The van der Waals surface area contributed by atoms with Crippen molar-refractivity contribution < 1.29 is 12.8 Å². The fourth-order valence-electron chi connectivity index (χ4n) is 5.35. The van der Waals surface area contributed by atoms with Crippen molar-refractivity contribution in [2.45, 2.75) is 64.2 Å². The van der Waals surface area contributed by atoms with Crippen molar-refractivity contribution in [3.05, 3.63) is 72.8 Å². The molecule has 198 valence electrons. The molecule has 4 nitrogen and oxygen atoms in total. The lowest BCUT2D eigenvalue weighted by Gasteiger charge is -2.39. The molecule has 0 N–H and O–H groups in total. The maximum atomic E-state index is 6.89. The third-order valence-corrected chi connectivity index (χ3v) is 14.8. The molecule has 1 atom stereocenters. The zero-order valence-corrected chi connectivity index (χ0v) is 25.1. The lowest BCUT2D eigenvalue weighted by atomic mass is 9.99. The van der Waals surface area contributed by atoms with Crippen LogP contribution >= 0.6 is 8.16 Å². The van der Waals surface area contributed by atoms with Gasteiger partial charge in [-0.2, -0.15) is 4.67 Å². The molecular formula is C32H38NO3PSi. The number of hydrogen-bond acceptors (Lipinski definition) is 4. The summed E-state index contributed by atoms with van der Waals surface area (Å²) in [5.74, 6) is 0. The Morgan fingerprint density at radius 2 is 1.37 bits per heavy atom. The van der Waals surface area contributed by atoms with E-state index in [9.17, 15) is 0 Å². The van der Waals surface area contributed by atoms with Crippen LogP contribution in [-0.2, 0) is 4.43 Å². The second-order valence-corrected chi connectivity index (χ2v) is 18.3. The summed E-state index contributed by atoms with van der Waals surface area (Å²) in [4.78, 5) is 0. The van der Waals surface area contributed by atoms with Crippen LogP contribution in [0.3, 0.4) is 0 Å². The number of nitrogens with zero attached hydrogens (tertiary/aromatic N) is 1. The van der Waals surface area contributed by atoms with Crippen LogP contribution in [0.15, 0.2) is 81.2 Å². The summed E-state index contributed by atoms with van der Waals surface area (Å²) in [5, 5.41) is 7.25. The Hall–Kier alpha value is -2.56. The molecule has 0 amide bonds. The van der Waals surface area contributed by atoms with E-state index in [2.05, 4.69) is 111 Å². The van der Waals surface area contributed by atoms with Gasteiger partial charge in [-0.15, -0.1) is 0 Å². The van der Waals surface area contributed by atoms with E-state index in [-0.39, 0.29) is 11.1 Å². The van der Waals surface area contributed by atoms with E-state index >= 15 is 0 Å². The van der Waals surface area contributed by atoms with E-state index in [0.29, 0.717) is 0 Å². The van der Waals surface area contributed by atoms with Gasteiger partial charge in [0.1, 0.15) is 11.2 Å². The van der Waals surface area contributed by atoms with E-state index in [4.69, 9.17) is 12.8 Å². The minimum absolute atomic E-state index is 0.188. The van der Waals surface area contributed by atoms with Gasteiger partial charge in [0.15, 0.2) is 8.32 Å². The first kappa shape index (κ1) is 25.7. The van der Waals surface area contributed by atoms with E-state index < -0.39 is 16.5 Å². The minimum atomic E-state index is -1.86. The minimum Gasteiger partial charge on any atom is -0.415 e. The first-order chi connectivity index (χ1) is 18.2. The molecule has 38 heavy (non-hydrogen) atoms. The van der Waals surface area contributed by atoms with Crippen molar-refractivity contribution in [1.82, 2.24) is 0 Å². The van der Waals surface area contributed by atoms with Crippen LogP contribution in [0.4, 0.5) is 0 Å². The fraction of sp³-hybridized carbons (Fsp3) is 0.375. The van der Waals surface area contributed by atoms with Crippen LogP contribution in [0.25, 0.3) is 43.5 Å². The van der Waals surface area contributed by atoms with Gasteiger partial charge < -0.3 is 12.8 Å². The summed E-state index contributed by atoms with van der Waals surface area (Å²) in [6.45, 7) is 13.3. The van der Waals surface area contributed by atoms with E-state index in [0.717, 1.165) is 47.9 Å². The molecule has 1 aromatic heterocycles. The summed E-state index contributed by atoms with van der Waals surface area (Å²) in [7, 11) is -3.20. The highest BCUT2D eigenvalue weighted by atomic mass is 31.1. The SMILES string of the molecule is CC(C)(C)[Si](C)(C)OC[C@@H]1CCCCN1p1oc2ccc3ccccc3c2c2c(ccc3ccccc32)o1. The quantitative estimate of drug-likeness (QED) is 0.211. The molecule has 0 aliphatic carbocycles. The predicted molar refractivity (Wildman–Crippen MR) is 165 cm³/mol. The molecule has 0 saturated carbocycles. The van der Waals surface area contributed by atoms with Crippen LogP contribution in [0, 0.1) is 0 Å². The number of hydrogen-bond donors (Lipinski definition) is 0. The number of fused-ring (bicyclic) bond motifs is 7. The maximum absolute atomic E-state index is 6.89. The zero-order chi connectivity index (χ0) is 26.5. The molecule has 6 heteroatoms. The highest BCUT2D eigenvalue weighted by Crippen LogP contribution is 2.44. The Morgan fingerprint density at radius 3 is 1.92 bits per heavy atom. The summed E-state index contributed by atoms with van der Waals surface area (Å²) in [5.41, 5.74) is 1.80. The average Bonchev–Trinajstić information content (AvgIpc) is 3.09. The highest BCUT2D eigenvalue weighted by molar-refractivity contribution is 7.39. The Balaban J connectivity index is 1.57. The monoisotopic (exact) mass is 543 g/mol. The normalized spacial score (nSPS) is 17.6. The second-order valence-electron chi connectivity index (χ2n) is 12.1. The van der Waals surface area contributed by atoms with Gasteiger partial charge in [0.2, 0.25) is 0 Å². The van der Waals surface area contributed by atoms with Crippen molar-refractivity contribution in [2.24, 2.45) is 0 Å². The van der Waals surface area contributed by atoms with Gasteiger partial charge in [-0.05, 0) is 64.7 Å². The lowest BCUT2D eigenvalue weighted by molar-refractivity contribution is 0.243. The molecule has 0 radical (unpaired) electrons. The number of piperidine rings is 1. The van der Waals surface area contributed by atoms with Gasteiger partial charge in [-0.3, -0.25) is 0 Å². The third kappa shape index (κ3) is 4.60. The number of benzene rings is 4. The molecule has 0 spiro atoms. The maximum Gasteiger partial charge on any atom is 0.310 e. The average molecular weight is 544 g/mol. The molecule has 1 fully saturated rings. The van der Waals surface area contributed by atoms with Crippen molar-refractivity contribution in [2.75, 3.05) is 17.8 Å². The van der Waals surface area contributed by atoms with Crippen LogP contribution in [0.5, 0.6) is 0 Å². The Kier molecular flexibility index (Phi) is 6.68. The first-order valence-electron chi connectivity index (χ1n) is 13.8. The molecule has 1 aliphatic rings. The Labute approximate surface area is 227 Å². The molecule has 6 rings (SSSR count). The summed E-state index contributed by atoms with van der Waals surface area (Å²) >= 11 is 0. The van der Waals surface area contributed by atoms with Crippen molar-refractivity contribution >= 4 is 60.0 Å². The lowest BCUT2D eigenvalue weighted by Crippen LogP contribution is -2.47. The van der Waals surface area contributed by atoms with Crippen LogP contribution < -0.4 is 4.67 Å². The zero-order valence-electron chi connectivity index (χ0n) is 23.2. The highest BCUT2D eigenvalue weighted by Gasteiger charge is 2.39. The fourth-order valence-corrected chi connectivity index (χ4v) is 8.04. The van der Waals surface area contributed by atoms with Gasteiger partial charge in [0, 0.05) is 23.4 Å². The van der Waals surface area contributed by atoms with Crippen molar-refractivity contribution in [1.29, 1.82) is 0 Å². The molecule has 0 bridgehead atoms. The van der Waals surface area contributed by atoms with Gasteiger partial charge >= 0.3 is 8.16 Å². The van der Waals surface area contributed by atoms with Crippen molar-refractivity contribution in [3.63, 3.8) is 0 Å². The molecule has 1 saturated heterocycles. The van der Waals surface area contributed by atoms with Crippen molar-refractivity contribution in [3.8, 4) is 0 Å². The predicted octanol–water partition coefficient (Wildman–Crippen LogP) is 10.1. The smallest absolute Gasteiger partial charge is 0.310 e. The third-order valence-electron chi connectivity index (χ3n) is 8.63.